The van der Waals surface area contributed by atoms with E-state index in [9.17, 15) is 4.79 Å². The average molecular weight is 187 g/mol. The van der Waals surface area contributed by atoms with Crippen molar-refractivity contribution in [3.63, 3.8) is 0 Å². The van der Waals surface area contributed by atoms with Gasteiger partial charge in [0, 0.05) is 18.0 Å². The van der Waals surface area contributed by atoms with Gasteiger partial charge in [-0.1, -0.05) is 0 Å². The highest BCUT2D eigenvalue weighted by Crippen LogP contribution is 2.23. The van der Waals surface area contributed by atoms with Gasteiger partial charge in [0.1, 0.15) is 5.76 Å². The predicted octanol–water partition coefficient (Wildman–Crippen LogP) is 2.46. The zero-order valence-corrected chi connectivity index (χ0v) is 7.73. The SMILES string of the molecule is Cc1cnccc1-c1ccc(C=O)o1. The molecule has 0 aliphatic carbocycles. The van der Waals surface area contributed by atoms with Gasteiger partial charge in [-0.3, -0.25) is 9.78 Å². The van der Waals surface area contributed by atoms with Gasteiger partial charge in [0.2, 0.25) is 0 Å². The summed E-state index contributed by atoms with van der Waals surface area (Å²) in [6, 6.07) is 5.30. The minimum absolute atomic E-state index is 0.344. The molecule has 3 heteroatoms. The van der Waals surface area contributed by atoms with E-state index in [1.165, 1.54) is 0 Å². The van der Waals surface area contributed by atoms with E-state index in [0.717, 1.165) is 11.1 Å². The molecule has 2 aromatic rings. The van der Waals surface area contributed by atoms with Crippen molar-refractivity contribution in [3.8, 4) is 11.3 Å². The number of aromatic nitrogens is 1. The zero-order chi connectivity index (χ0) is 9.97. The van der Waals surface area contributed by atoms with E-state index in [1.807, 2.05) is 13.0 Å². The molecule has 0 bridgehead atoms. The summed E-state index contributed by atoms with van der Waals surface area (Å²) in [6.45, 7) is 1.95. The number of furan rings is 1. The fourth-order valence-corrected chi connectivity index (χ4v) is 1.31. The second kappa shape index (κ2) is 3.46. The third kappa shape index (κ3) is 1.44. The summed E-state index contributed by atoms with van der Waals surface area (Å²) >= 11 is 0. The minimum Gasteiger partial charge on any atom is -0.453 e. The molecule has 0 atom stereocenters. The Labute approximate surface area is 81.4 Å². The minimum atomic E-state index is 0.344. The monoisotopic (exact) mass is 187 g/mol. The lowest BCUT2D eigenvalue weighted by atomic mass is 10.1. The largest absolute Gasteiger partial charge is 0.453 e. The molecule has 0 aliphatic heterocycles. The smallest absolute Gasteiger partial charge is 0.185 e. The van der Waals surface area contributed by atoms with E-state index in [-0.39, 0.29) is 0 Å². The lowest BCUT2D eigenvalue weighted by molar-refractivity contribution is 0.110. The summed E-state index contributed by atoms with van der Waals surface area (Å²) in [5.41, 5.74) is 1.99. The standard InChI is InChI=1S/C11H9NO2/c1-8-6-12-5-4-10(8)11-3-2-9(7-13)14-11/h2-7H,1H3. The summed E-state index contributed by atoms with van der Waals surface area (Å²) in [5.74, 6) is 1.04. The van der Waals surface area contributed by atoms with Crippen LogP contribution in [0.4, 0.5) is 0 Å². The maximum absolute atomic E-state index is 10.4. The van der Waals surface area contributed by atoms with E-state index in [4.69, 9.17) is 4.42 Å². The van der Waals surface area contributed by atoms with Crippen LogP contribution >= 0.6 is 0 Å². The molecular formula is C11H9NO2. The Bertz CT molecular complexity index is 460. The van der Waals surface area contributed by atoms with Gasteiger partial charge in [0.25, 0.3) is 0 Å². The number of rotatable bonds is 2. The Morgan fingerprint density at radius 3 is 2.86 bits per heavy atom. The van der Waals surface area contributed by atoms with Gasteiger partial charge in [0.15, 0.2) is 12.0 Å². The number of pyridine rings is 1. The van der Waals surface area contributed by atoms with Crippen molar-refractivity contribution < 1.29 is 9.21 Å². The number of nitrogens with zero attached hydrogens (tertiary/aromatic N) is 1. The first kappa shape index (κ1) is 8.69. The van der Waals surface area contributed by atoms with Crippen molar-refractivity contribution in [2.75, 3.05) is 0 Å². The van der Waals surface area contributed by atoms with Crippen molar-refractivity contribution >= 4 is 6.29 Å². The van der Waals surface area contributed by atoms with Crippen molar-refractivity contribution in [3.05, 3.63) is 41.9 Å². The van der Waals surface area contributed by atoms with Crippen LogP contribution in [0.15, 0.2) is 35.0 Å². The van der Waals surface area contributed by atoms with Crippen LogP contribution in [0.2, 0.25) is 0 Å². The molecule has 2 rings (SSSR count). The Morgan fingerprint density at radius 1 is 1.36 bits per heavy atom. The molecule has 0 amide bonds. The maximum Gasteiger partial charge on any atom is 0.185 e. The summed E-state index contributed by atoms with van der Waals surface area (Å²) < 4.78 is 5.30. The number of aldehydes is 1. The summed E-state index contributed by atoms with van der Waals surface area (Å²) in [5, 5.41) is 0. The molecule has 2 heterocycles. The van der Waals surface area contributed by atoms with Crippen LogP contribution in [0.1, 0.15) is 16.1 Å². The average Bonchev–Trinajstić information content (AvgIpc) is 2.67. The highest BCUT2D eigenvalue weighted by Gasteiger charge is 2.05. The molecule has 0 aliphatic rings. The van der Waals surface area contributed by atoms with Crippen molar-refractivity contribution in [2.45, 2.75) is 6.92 Å². The normalized spacial score (nSPS) is 10.1. The summed E-state index contributed by atoms with van der Waals surface area (Å²) in [7, 11) is 0. The third-order valence-electron chi connectivity index (χ3n) is 2.03. The quantitative estimate of drug-likeness (QED) is 0.678. The van der Waals surface area contributed by atoms with Crippen molar-refractivity contribution in [1.82, 2.24) is 4.98 Å². The van der Waals surface area contributed by atoms with Crippen molar-refractivity contribution in [2.24, 2.45) is 0 Å². The molecule has 0 unspecified atom stereocenters. The van der Waals surface area contributed by atoms with E-state index >= 15 is 0 Å². The highest BCUT2D eigenvalue weighted by molar-refractivity contribution is 5.73. The molecule has 3 nitrogen and oxygen atoms in total. The first-order valence-electron chi connectivity index (χ1n) is 4.27. The second-order valence-corrected chi connectivity index (χ2v) is 3.01. The van der Waals surface area contributed by atoms with Crippen LogP contribution in [0.5, 0.6) is 0 Å². The number of carbonyl (C=O) groups excluding carboxylic acids is 1. The lowest BCUT2D eigenvalue weighted by Crippen LogP contribution is -1.81. The van der Waals surface area contributed by atoms with Crippen LogP contribution in [0.25, 0.3) is 11.3 Å². The molecule has 0 aromatic carbocycles. The molecule has 14 heavy (non-hydrogen) atoms. The van der Waals surface area contributed by atoms with E-state index in [2.05, 4.69) is 4.98 Å². The second-order valence-electron chi connectivity index (χ2n) is 3.01. The molecular weight excluding hydrogens is 178 g/mol. The highest BCUT2D eigenvalue weighted by atomic mass is 16.3. The van der Waals surface area contributed by atoms with Gasteiger partial charge in [-0.25, -0.2) is 0 Å². The van der Waals surface area contributed by atoms with Gasteiger partial charge in [-0.05, 0) is 30.7 Å². The molecule has 0 spiro atoms. The summed E-state index contributed by atoms with van der Waals surface area (Å²) in [6.07, 6.45) is 4.16. The Hall–Kier alpha value is -1.90. The van der Waals surface area contributed by atoms with E-state index in [1.54, 1.807) is 24.5 Å². The number of carbonyl (C=O) groups is 1. The van der Waals surface area contributed by atoms with E-state index < -0.39 is 0 Å². The van der Waals surface area contributed by atoms with Crippen LogP contribution in [-0.2, 0) is 0 Å². The van der Waals surface area contributed by atoms with E-state index in [0.29, 0.717) is 17.8 Å². The van der Waals surface area contributed by atoms with Crippen molar-refractivity contribution in [1.29, 1.82) is 0 Å². The molecule has 0 saturated heterocycles. The van der Waals surface area contributed by atoms with Crippen LogP contribution in [0.3, 0.4) is 0 Å². The molecule has 70 valence electrons. The maximum atomic E-state index is 10.4. The van der Waals surface area contributed by atoms with Crippen LogP contribution in [0, 0.1) is 6.92 Å². The van der Waals surface area contributed by atoms with Gasteiger partial charge < -0.3 is 4.42 Å². The number of hydrogen-bond acceptors (Lipinski definition) is 3. The van der Waals surface area contributed by atoms with Gasteiger partial charge in [0.05, 0.1) is 0 Å². The predicted molar refractivity (Wildman–Crippen MR) is 52.1 cm³/mol. The zero-order valence-electron chi connectivity index (χ0n) is 7.73. The van der Waals surface area contributed by atoms with Gasteiger partial charge >= 0.3 is 0 Å². The van der Waals surface area contributed by atoms with Gasteiger partial charge in [-0.2, -0.15) is 0 Å². The Kier molecular flexibility index (Phi) is 2.14. The Balaban J connectivity index is 2.49. The van der Waals surface area contributed by atoms with Crippen LogP contribution < -0.4 is 0 Å². The van der Waals surface area contributed by atoms with Gasteiger partial charge in [-0.15, -0.1) is 0 Å². The fourth-order valence-electron chi connectivity index (χ4n) is 1.31. The molecule has 0 saturated carbocycles. The number of aryl methyl sites for hydroxylation is 1. The molecule has 0 N–H and O–H groups in total. The first-order chi connectivity index (χ1) is 6.81. The lowest BCUT2D eigenvalue weighted by Gasteiger charge is -1.99. The molecule has 2 aromatic heterocycles. The molecule has 0 radical (unpaired) electrons. The summed E-state index contributed by atoms with van der Waals surface area (Å²) in [4.78, 5) is 14.4. The number of hydrogen-bond donors (Lipinski definition) is 0. The topological polar surface area (TPSA) is 43.1 Å². The fraction of sp³-hybridized carbons (Fsp3) is 0.0909. The molecule has 0 fully saturated rings. The van der Waals surface area contributed by atoms with Crippen LogP contribution in [-0.4, -0.2) is 11.3 Å². The first-order valence-corrected chi connectivity index (χ1v) is 4.27. The Morgan fingerprint density at radius 2 is 2.21 bits per heavy atom. The third-order valence-corrected chi connectivity index (χ3v) is 2.03.